The number of methoxy groups -OCH3 is 1. The van der Waals surface area contributed by atoms with E-state index in [-0.39, 0.29) is 18.1 Å². The van der Waals surface area contributed by atoms with Crippen LogP contribution in [0.1, 0.15) is 24.4 Å². The molecule has 1 aliphatic heterocycles. The highest BCUT2D eigenvalue weighted by Crippen LogP contribution is 2.30. The standard InChI is InChI=1S/C18H22ClN5O3S/c1-10(2)20-16(25)23-17-21-12-6-7-24(9-15(12)28-17)18(26)22-13-8-11(19)4-5-14(13)27-3/h4-5,8,10H,6-7,9H2,1-3H3,(H,22,26)(H2,20,21,23,25). The number of halogens is 1. The maximum absolute atomic E-state index is 12.7. The van der Waals surface area contributed by atoms with Gasteiger partial charge in [-0.3, -0.25) is 5.32 Å². The molecule has 2 heterocycles. The molecular weight excluding hydrogens is 402 g/mol. The van der Waals surface area contributed by atoms with Gasteiger partial charge < -0.3 is 20.3 Å². The normalized spacial score (nSPS) is 13.1. The maximum atomic E-state index is 12.7. The zero-order valence-electron chi connectivity index (χ0n) is 15.8. The Balaban J connectivity index is 1.65. The summed E-state index contributed by atoms with van der Waals surface area (Å²) in [6.07, 6.45) is 0.624. The smallest absolute Gasteiger partial charge is 0.322 e. The molecule has 0 fully saturated rings. The molecule has 150 valence electrons. The third-order valence-corrected chi connectivity index (χ3v) is 5.29. The molecule has 0 unspecified atom stereocenters. The van der Waals surface area contributed by atoms with Crippen LogP contribution in [-0.2, 0) is 13.0 Å². The molecule has 0 bridgehead atoms. The highest BCUT2D eigenvalue weighted by molar-refractivity contribution is 7.15. The molecule has 0 atom stereocenters. The Bertz CT molecular complexity index is 886. The van der Waals surface area contributed by atoms with E-state index in [0.29, 0.717) is 41.1 Å². The van der Waals surface area contributed by atoms with E-state index in [2.05, 4.69) is 20.9 Å². The third kappa shape index (κ3) is 4.85. The number of hydrogen-bond acceptors (Lipinski definition) is 5. The number of nitrogens with one attached hydrogen (secondary N) is 3. The first-order valence-corrected chi connectivity index (χ1v) is 10.0. The predicted molar refractivity (Wildman–Crippen MR) is 111 cm³/mol. The molecule has 1 aliphatic rings. The van der Waals surface area contributed by atoms with Crippen LogP contribution in [0.15, 0.2) is 18.2 Å². The molecule has 3 N–H and O–H groups in total. The lowest BCUT2D eigenvalue weighted by Gasteiger charge is -2.26. The number of fused-ring (bicyclic) bond motifs is 1. The fraction of sp³-hybridized carbons (Fsp3) is 0.389. The van der Waals surface area contributed by atoms with Crippen LogP contribution in [0.5, 0.6) is 5.75 Å². The summed E-state index contributed by atoms with van der Waals surface area (Å²) in [6.45, 7) is 4.73. The number of amides is 4. The minimum absolute atomic E-state index is 0.0391. The Labute approximate surface area is 172 Å². The second-order valence-corrected chi connectivity index (χ2v) is 8.11. The largest absolute Gasteiger partial charge is 0.495 e. The van der Waals surface area contributed by atoms with Crippen LogP contribution >= 0.6 is 22.9 Å². The fourth-order valence-corrected chi connectivity index (χ4v) is 3.98. The molecule has 8 nitrogen and oxygen atoms in total. The van der Waals surface area contributed by atoms with Crippen molar-refractivity contribution in [2.45, 2.75) is 32.9 Å². The Morgan fingerprint density at radius 2 is 2.11 bits per heavy atom. The average molecular weight is 424 g/mol. The van der Waals surface area contributed by atoms with Crippen LogP contribution in [0.3, 0.4) is 0 Å². The van der Waals surface area contributed by atoms with Gasteiger partial charge in [0.1, 0.15) is 5.75 Å². The Hall–Kier alpha value is -2.52. The summed E-state index contributed by atoms with van der Waals surface area (Å²) < 4.78 is 5.27. The summed E-state index contributed by atoms with van der Waals surface area (Å²) in [7, 11) is 1.54. The van der Waals surface area contributed by atoms with Crippen molar-refractivity contribution >= 4 is 45.8 Å². The summed E-state index contributed by atoms with van der Waals surface area (Å²) in [4.78, 5) is 31.6. The monoisotopic (exact) mass is 423 g/mol. The number of anilines is 2. The van der Waals surface area contributed by atoms with E-state index >= 15 is 0 Å². The van der Waals surface area contributed by atoms with Crippen LogP contribution in [0.25, 0.3) is 0 Å². The number of hydrogen-bond donors (Lipinski definition) is 3. The van der Waals surface area contributed by atoms with Gasteiger partial charge in [-0.15, -0.1) is 0 Å². The van der Waals surface area contributed by atoms with Crippen LogP contribution in [-0.4, -0.2) is 41.6 Å². The quantitative estimate of drug-likeness (QED) is 0.694. The number of nitrogens with zero attached hydrogens (tertiary/aromatic N) is 2. The summed E-state index contributed by atoms with van der Waals surface area (Å²) in [5, 5.41) is 9.39. The van der Waals surface area contributed by atoms with Crippen molar-refractivity contribution in [2.75, 3.05) is 24.3 Å². The number of benzene rings is 1. The van der Waals surface area contributed by atoms with Crippen molar-refractivity contribution in [2.24, 2.45) is 0 Å². The van der Waals surface area contributed by atoms with Gasteiger partial charge >= 0.3 is 12.1 Å². The van der Waals surface area contributed by atoms with Gasteiger partial charge in [-0.1, -0.05) is 22.9 Å². The van der Waals surface area contributed by atoms with Gasteiger partial charge in [0.25, 0.3) is 0 Å². The first kappa shape index (κ1) is 20.2. The van der Waals surface area contributed by atoms with Gasteiger partial charge in [0.05, 0.1) is 25.0 Å². The first-order chi connectivity index (χ1) is 13.4. The minimum Gasteiger partial charge on any atom is -0.495 e. The second kappa shape index (κ2) is 8.66. The molecular formula is C18H22ClN5O3S. The topological polar surface area (TPSA) is 95.6 Å². The zero-order chi connectivity index (χ0) is 20.3. The summed E-state index contributed by atoms with van der Waals surface area (Å²) in [6, 6.07) is 4.56. The molecule has 0 saturated carbocycles. The molecule has 28 heavy (non-hydrogen) atoms. The zero-order valence-corrected chi connectivity index (χ0v) is 17.4. The van der Waals surface area contributed by atoms with Crippen molar-refractivity contribution in [3.8, 4) is 5.75 Å². The Kier molecular flexibility index (Phi) is 6.25. The lowest BCUT2D eigenvalue weighted by molar-refractivity contribution is 0.206. The molecule has 0 saturated heterocycles. The SMILES string of the molecule is COc1ccc(Cl)cc1NC(=O)N1CCc2nc(NC(=O)NC(C)C)sc2C1. The average Bonchev–Trinajstić information content (AvgIpc) is 3.02. The van der Waals surface area contributed by atoms with Crippen LogP contribution in [0, 0.1) is 0 Å². The molecule has 0 spiro atoms. The van der Waals surface area contributed by atoms with Crippen molar-refractivity contribution in [1.82, 2.24) is 15.2 Å². The number of aromatic nitrogens is 1. The summed E-state index contributed by atoms with van der Waals surface area (Å²) in [5.41, 5.74) is 1.43. The number of ether oxygens (including phenoxy) is 1. The molecule has 4 amide bonds. The Morgan fingerprint density at radius 1 is 1.32 bits per heavy atom. The maximum Gasteiger partial charge on any atom is 0.322 e. The highest BCUT2D eigenvalue weighted by Gasteiger charge is 2.25. The second-order valence-electron chi connectivity index (χ2n) is 6.59. The molecule has 3 rings (SSSR count). The molecule has 0 radical (unpaired) electrons. The number of thiazole rings is 1. The summed E-state index contributed by atoms with van der Waals surface area (Å²) >= 11 is 7.40. The van der Waals surface area contributed by atoms with Gasteiger partial charge in [0.15, 0.2) is 5.13 Å². The summed E-state index contributed by atoms with van der Waals surface area (Å²) in [5.74, 6) is 0.538. The van der Waals surface area contributed by atoms with E-state index < -0.39 is 0 Å². The van der Waals surface area contributed by atoms with E-state index in [1.165, 1.54) is 18.4 Å². The van der Waals surface area contributed by atoms with Crippen molar-refractivity contribution in [3.63, 3.8) is 0 Å². The van der Waals surface area contributed by atoms with Gasteiger partial charge in [-0.2, -0.15) is 0 Å². The van der Waals surface area contributed by atoms with E-state index in [4.69, 9.17) is 16.3 Å². The van der Waals surface area contributed by atoms with Gasteiger partial charge in [-0.05, 0) is 32.0 Å². The van der Waals surface area contributed by atoms with E-state index in [9.17, 15) is 9.59 Å². The predicted octanol–water partition coefficient (Wildman–Crippen LogP) is 3.93. The van der Waals surface area contributed by atoms with Gasteiger partial charge in [0, 0.05) is 28.9 Å². The van der Waals surface area contributed by atoms with Crippen LogP contribution in [0.4, 0.5) is 20.4 Å². The molecule has 2 aromatic rings. The van der Waals surface area contributed by atoms with Crippen molar-refractivity contribution < 1.29 is 14.3 Å². The van der Waals surface area contributed by atoms with Crippen LogP contribution in [0.2, 0.25) is 5.02 Å². The van der Waals surface area contributed by atoms with Gasteiger partial charge in [0.2, 0.25) is 0 Å². The van der Waals surface area contributed by atoms with Crippen molar-refractivity contribution in [3.05, 3.63) is 33.8 Å². The highest BCUT2D eigenvalue weighted by atomic mass is 35.5. The van der Waals surface area contributed by atoms with E-state index in [1.807, 2.05) is 13.8 Å². The van der Waals surface area contributed by atoms with Crippen molar-refractivity contribution in [1.29, 1.82) is 0 Å². The third-order valence-electron chi connectivity index (χ3n) is 4.06. The first-order valence-electron chi connectivity index (χ1n) is 8.81. The lowest BCUT2D eigenvalue weighted by Crippen LogP contribution is -2.38. The van der Waals surface area contributed by atoms with E-state index in [0.717, 1.165) is 10.6 Å². The number of urea groups is 2. The van der Waals surface area contributed by atoms with E-state index in [1.54, 1.807) is 23.1 Å². The fourth-order valence-electron chi connectivity index (χ4n) is 2.79. The minimum atomic E-state index is -0.288. The Morgan fingerprint density at radius 3 is 2.82 bits per heavy atom. The van der Waals surface area contributed by atoms with Crippen LogP contribution < -0.4 is 20.7 Å². The number of rotatable bonds is 4. The van der Waals surface area contributed by atoms with Gasteiger partial charge in [-0.25, -0.2) is 14.6 Å². The number of carbonyl (C=O) groups is 2. The number of carbonyl (C=O) groups excluding carboxylic acids is 2. The molecule has 1 aromatic carbocycles. The lowest BCUT2D eigenvalue weighted by atomic mass is 10.2. The molecule has 10 heteroatoms. The molecule has 0 aliphatic carbocycles. The molecule has 1 aromatic heterocycles.